The maximum Gasteiger partial charge on any atom is 0.156 e. The molecule has 2 aromatic carbocycles. The number of hydrogen-bond acceptors (Lipinski definition) is 5. The first kappa shape index (κ1) is 20.2. The molecule has 8 heteroatoms. The Kier molecular flexibility index (Phi) is 5.00. The lowest BCUT2D eigenvalue weighted by Crippen LogP contribution is -2.36. The number of morpholine rings is 1. The topological polar surface area (TPSA) is 71.3 Å². The molecule has 6 rings (SSSR count). The van der Waals surface area contributed by atoms with Crippen molar-refractivity contribution in [3.05, 3.63) is 76.8 Å². The van der Waals surface area contributed by atoms with Gasteiger partial charge in [-0.15, -0.1) is 0 Å². The summed E-state index contributed by atoms with van der Waals surface area (Å²) in [5, 5.41) is 9.28. The molecule has 0 radical (unpaired) electrons. The second-order valence-electron chi connectivity index (χ2n) is 8.36. The zero-order valence-corrected chi connectivity index (χ0v) is 19.0. The minimum absolute atomic E-state index is 0.719. The van der Waals surface area contributed by atoms with Crippen LogP contribution in [-0.4, -0.2) is 50.9 Å². The summed E-state index contributed by atoms with van der Waals surface area (Å²) in [4.78, 5) is 12.0. The van der Waals surface area contributed by atoms with Gasteiger partial charge in [0.25, 0.3) is 0 Å². The Balaban J connectivity index is 1.51. The van der Waals surface area contributed by atoms with Gasteiger partial charge < -0.3 is 9.64 Å². The molecule has 1 N–H and O–H groups in total. The number of hydrogen-bond donors (Lipinski definition) is 1. The molecule has 0 amide bonds. The van der Waals surface area contributed by atoms with Gasteiger partial charge in [0.15, 0.2) is 5.65 Å². The maximum atomic E-state index is 6.13. The van der Waals surface area contributed by atoms with Crippen LogP contribution in [-0.2, 0) is 11.2 Å². The van der Waals surface area contributed by atoms with Crippen molar-refractivity contribution in [3.8, 4) is 11.3 Å². The normalized spacial score (nSPS) is 14.4. The molecule has 1 aliphatic heterocycles. The van der Waals surface area contributed by atoms with Gasteiger partial charge in [0.2, 0.25) is 0 Å². The van der Waals surface area contributed by atoms with Crippen LogP contribution in [0, 0.1) is 6.92 Å². The summed E-state index contributed by atoms with van der Waals surface area (Å²) in [6.07, 6.45) is 4.69. The zero-order chi connectivity index (χ0) is 22.4. The number of rotatable bonds is 4. The highest BCUT2D eigenvalue weighted by Gasteiger charge is 2.19. The number of aromatic nitrogens is 5. The minimum atomic E-state index is 0.719. The van der Waals surface area contributed by atoms with Crippen molar-refractivity contribution in [3.63, 3.8) is 0 Å². The van der Waals surface area contributed by atoms with Crippen LogP contribution in [0.1, 0.15) is 17.0 Å². The molecule has 0 saturated carbocycles. The number of nitrogens with zero attached hydrogens (tertiary/aromatic N) is 5. The Morgan fingerprint density at radius 3 is 2.73 bits per heavy atom. The number of aryl methyl sites for hydroxylation is 1. The lowest BCUT2D eigenvalue weighted by atomic mass is 10.0. The van der Waals surface area contributed by atoms with Gasteiger partial charge in [-0.25, -0.2) is 9.97 Å². The zero-order valence-electron chi connectivity index (χ0n) is 18.3. The van der Waals surface area contributed by atoms with Gasteiger partial charge in [-0.3, -0.25) is 9.50 Å². The number of H-pyrrole nitrogens is 1. The highest BCUT2D eigenvalue weighted by Crippen LogP contribution is 2.30. The fourth-order valence-electron chi connectivity index (χ4n) is 4.43. The van der Waals surface area contributed by atoms with Gasteiger partial charge in [0.1, 0.15) is 5.82 Å². The van der Waals surface area contributed by atoms with E-state index < -0.39 is 0 Å². The largest absolute Gasteiger partial charge is 0.378 e. The molecule has 1 saturated heterocycles. The van der Waals surface area contributed by atoms with Crippen molar-refractivity contribution >= 4 is 34.0 Å². The molecule has 7 nitrogen and oxygen atoms in total. The summed E-state index contributed by atoms with van der Waals surface area (Å²) < 4.78 is 7.69. The third kappa shape index (κ3) is 3.73. The van der Waals surface area contributed by atoms with Crippen LogP contribution in [0.2, 0.25) is 5.02 Å². The Morgan fingerprint density at radius 2 is 1.91 bits per heavy atom. The summed E-state index contributed by atoms with van der Waals surface area (Å²) in [5.41, 5.74) is 7.13. The smallest absolute Gasteiger partial charge is 0.156 e. The number of ether oxygens (including phenoxy) is 1. The Bertz CT molecular complexity index is 1450. The average Bonchev–Trinajstić information content (AvgIpc) is 3.41. The number of imidazole rings is 1. The highest BCUT2D eigenvalue weighted by atomic mass is 35.5. The lowest BCUT2D eigenvalue weighted by Gasteiger charge is -2.27. The summed E-state index contributed by atoms with van der Waals surface area (Å²) in [5.74, 6) is 0.938. The number of benzene rings is 2. The minimum Gasteiger partial charge on any atom is -0.378 e. The van der Waals surface area contributed by atoms with E-state index in [1.165, 1.54) is 5.56 Å². The number of halogens is 1. The quantitative estimate of drug-likeness (QED) is 0.424. The first-order valence-corrected chi connectivity index (χ1v) is 11.4. The molecule has 0 spiro atoms. The van der Waals surface area contributed by atoms with Gasteiger partial charge in [0, 0.05) is 41.2 Å². The van der Waals surface area contributed by atoms with Crippen molar-refractivity contribution < 1.29 is 4.74 Å². The van der Waals surface area contributed by atoms with E-state index in [9.17, 15) is 0 Å². The van der Waals surface area contributed by atoms with Crippen LogP contribution in [0.15, 0.2) is 54.9 Å². The number of nitrogens with one attached hydrogen (secondary N) is 1. The van der Waals surface area contributed by atoms with E-state index in [2.05, 4.69) is 50.0 Å². The number of aromatic amines is 1. The Hall–Kier alpha value is -3.42. The van der Waals surface area contributed by atoms with Crippen LogP contribution in [0.3, 0.4) is 0 Å². The maximum absolute atomic E-state index is 6.13. The van der Waals surface area contributed by atoms with Crippen molar-refractivity contribution in [1.82, 2.24) is 24.6 Å². The van der Waals surface area contributed by atoms with Gasteiger partial charge in [-0.05, 0) is 36.8 Å². The van der Waals surface area contributed by atoms with E-state index in [0.717, 1.165) is 82.8 Å². The molecular formula is C25H23ClN6O. The van der Waals surface area contributed by atoms with Crippen molar-refractivity contribution in [1.29, 1.82) is 0 Å². The van der Waals surface area contributed by atoms with Crippen molar-refractivity contribution in [2.75, 3.05) is 31.2 Å². The van der Waals surface area contributed by atoms with Crippen LogP contribution in [0.5, 0.6) is 0 Å². The molecule has 5 aromatic rings. The first-order chi connectivity index (χ1) is 16.2. The van der Waals surface area contributed by atoms with Crippen molar-refractivity contribution in [2.24, 2.45) is 0 Å². The SMILES string of the molecule is Cc1[nH]nc2ccc(-c3nc4cnc(N5CCOCC5)cn4c3Cc3ccc(Cl)cc3)cc12. The second-order valence-corrected chi connectivity index (χ2v) is 8.80. The van der Waals surface area contributed by atoms with Crippen LogP contribution >= 0.6 is 11.6 Å². The van der Waals surface area contributed by atoms with Crippen LogP contribution < -0.4 is 4.90 Å². The van der Waals surface area contributed by atoms with Gasteiger partial charge >= 0.3 is 0 Å². The fourth-order valence-corrected chi connectivity index (χ4v) is 4.56. The highest BCUT2D eigenvalue weighted by molar-refractivity contribution is 6.30. The van der Waals surface area contributed by atoms with E-state index in [0.29, 0.717) is 0 Å². The molecule has 0 bridgehead atoms. The molecule has 0 atom stereocenters. The molecule has 3 aromatic heterocycles. The van der Waals surface area contributed by atoms with Gasteiger partial charge in [-0.1, -0.05) is 29.8 Å². The Labute approximate surface area is 196 Å². The second kappa shape index (κ2) is 8.17. The van der Waals surface area contributed by atoms with Gasteiger partial charge in [0.05, 0.1) is 42.5 Å². The van der Waals surface area contributed by atoms with E-state index in [-0.39, 0.29) is 0 Å². The number of fused-ring (bicyclic) bond motifs is 2. The summed E-state index contributed by atoms with van der Waals surface area (Å²) in [6, 6.07) is 14.3. The first-order valence-electron chi connectivity index (χ1n) is 11.0. The predicted molar refractivity (Wildman–Crippen MR) is 130 cm³/mol. The van der Waals surface area contributed by atoms with Crippen LogP contribution in [0.4, 0.5) is 5.82 Å². The molecule has 4 heterocycles. The van der Waals surface area contributed by atoms with E-state index in [4.69, 9.17) is 26.3 Å². The standard InChI is InChI=1S/C25H23ClN6O/c1-16-20-13-18(4-7-21(20)30-29-16)25-22(12-17-2-5-19(26)6-3-17)32-15-24(27-14-23(32)28-25)31-8-10-33-11-9-31/h2-7,13-15H,8-12H2,1H3,(H,29,30). The van der Waals surface area contributed by atoms with E-state index in [1.54, 1.807) is 0 Å². The van der Waals surface area contributed by atoms with E-state index >= 15 is 0 Å². The predicted octanol–water partition coefficient (Wildman–Crippen LogP) is 4.66. The third-order valence-corrected chi connectivity index (χ3v) is 6.48. The Morgan fingerprint density at radius 1 is 1.09 bits per heavy atom. The summed E-state index contributed by atoms with van der Waals surface area (Å²) in [6.45, 7) is 5.15. The molecule has 1 fully saturated rings. The fraction of sp³-hybridized carbons (Fsp3) is 0.240. The molecule has 0 unspecified atom stereocenters. The molecule has 166 valence electrons. The summed E-state index contributed by atoms with van der Waals surface area (Å²) >= 11 is 6.13. The molecular weight excluding hydrogens is 436 g/mol. The molecule has 1 aliphatic rings. The van der Waals surface area contributed by atoms with Crippen LogP contribution in [0.25, 0.3) is 27.8 Å². The van der Waals surface area contributed by atoms with Gasteiger partial charge in [-0.2, -0.15) is 5.10 Å². The monoisotopic (exact) mass is 458 g/mol. The molecule has 0 aliphatic carbocycles. The third-order valence-electron chi connectivity index (χ3n) is 6.23. The van der Waals surface area contributed by atoms with E-state index in [1.807, 2.05) is 31.3 Å². The van der Waals surface area contributed by atoms with Crippen molar-refractivity contribution in [2.45, 2.75) is 13.3 Å². The summed E-state index contributed by atoms with van der Waals surface area (Å²) in [7, 11) is 0. The molecule has 33 heavy (non-hydrogen) atoms. The lowest BCUT2D eigenvalue weighted by molar-refractivity contribution is 0.122. The average molecular weight is 459 g/mol. The number of anilines is 1.